The van der Waals surface area contributed by atoms with E-state index in [2.05, 4.69) is 4.72 Å². The van der Waals surface area contributed by atoms with Crippen LogP contribution in [0.4, 0.5) is 4.39 Å². The minimum absolute atomic E-state index is 0.0405. The molecule has 2 rings (SSSR count). The van der Waals surface area contributed by atoms with Crippen LogP contribution < -0.4 is 4.72 Å². The lowest BCUT2D eigenvalue weighted by atomic mass is 10.1. The Hall–Kier alpha value is -1.47. The molecule has 0 aliphatic heterocycles. The average Bonchev–Trinajstić information content (AvgIpc) is 2.45. The molecule has 0 saturated carbocycles. The molecule has 2 aromatic carbocycles. The number of rotatable bonds is 5. The van der Waals surface area contributed by atoms with Crippen molar-refractivity contribution in [3.8, 4) is 0 Å². The zero-order valence-electron chi connectivity index (χ0n) is 10.9. The van der Waals surface area contributed by atoms with E-state index in [-0.39, 0.29) is 18.2 Å². The zero-order valence-corrected chi connectivity index (χ0v) is 12.5. The van der Waals surface area contributed by atoms with Crippen molar-refractivity contribution in [3.63, 3.8) is 0 Å². The Morgan fingerprint density at radius 2 is 1.81 bits per heavy atom. The SMILES string of the molecule is O=S(=O)(NCc1ccccc1CO)c1ccc(Cl)cc1F. The summed E-state index contributed by atoms with van der Waals surface area (Å²) in [5.41, 5.74) is 1.23. The highest BCUT2D eigenvalue weighted by atomic mass is 35.5. The second-order valence-corrected chi connectivity index (χ2v) is 6.50. The summed E-state index contributed by atoms with van der Waals surface area (Å²) in [6, 6.07) is 10.2. The topological polar surface area (TPSA) is 66.4 Å². The van der Waals surface area contributed by atoms with Crippen molar-refractivity contribution in [2.75, 3.05) is 0 Å². The van der Waals surface area contributed by atoms with Gasteiger partial charge in [0.15, 0.2) is 0 Å². The van der Waals surface area contributed by atoms with Crippen molar-refractivity contribution < 1.29 is 17.9 Å². The van der Waals surface area contributed by atoms with Gasteiger partial charge in [-0.15, -0.1) is 0 Å². The fourth-order valence-electron chi connectivity index (χ4n) is 1.83. The first-order valence-electron chi connectivity index (χ1n) is 6.06. The minimum Gasteiger partial charge on any atom is -0.392 e. The number of hydrogen-bond donors (Lipinski definition) is 2. The van der Waals surface area contributed by atoms with Crippen LogP contribution in [0.5, 0.6) is 0 Å². The number of sulfonamides is 1. The van der Waals surface area contributed by atoms with Gasteiger partial charge >= 0.3 is 0 Å². The van der Waals surface area contributed by atoms with Crippen LogP contribution in [0.3, 0.4) is 0 Å². The lowest BCUT2D eigenvalue weighted by Crippen LogP contribution is -2.24. The van der Waals surface area contributed by atoms with Gasteiger partial charge < -0.3 is 5.11 Å². The van der Waals surface area contributed by atoms with Gasteiger partial charge in [-0.3, -0.25) is 0 Å². The van der Waals surface area contributed by atoms with Gasteiger partial charge in [-0.1, -0.05) is 35.9 Å². The Labute approximate surface area is 127 Å². The third-order valence-corrected chi connectivity index (χ3v) is 4.59. The molecule has 0 atom stereocenters. The first-order chi connectivity index (χ1) is 9.94. The molecule has 0 radical (unpaired) electrons. The highest BCUT2D eigenvalue weighted by Gasteiger charge is 2.19. The van der Waals surface area contributed by atoms with Gasteiger partial charge in [-0.2, -0.15) is 0 Å². The highest BCUT2D eigenvalue weighted by Crippen LogP contribution is 2.19. The van der Waals surface area contributed by atoms with Crippen LogP contribution in [-0.4, -0.2) is 13.5 Å². The molecule has 0 saturated heterocycles. The number of nitrogens with one attached hydrogen (secondary N) is 1. The fourth-order valence-corrected chi connectivity index (χ4v) is 3.05. The molecule has 7 heteroatoms. The molecule has 112 valence electrons. The van der Waals surface area contributed by atoms with E-state index in [4.69, 9.17) is 11.6 Å². The predicted octanol–water partition coefficient (Wildman–Crippen LogP) is 2.45. The second kappa shape index (κ2) is 6.53. The van der Waals surface area contributed by atoms with Gasteiger partial charge in [0.1, 0.15) is 10.7 Å². The summed E-state index contributed by atoms with van der Waals surface area (Å²) in [4.78, 5) is -0.464. The van der Waals surface area contributed by atoms with Crippen molar-refractivity contribution in [2.24, 2.45) is 0 Å². The van der Waals surface area contributed by atoms with E-state index in [0.29, 0.717) is 11.1 Å². The summed E-state index contributed by atoms with van der Waals surface area (Å²) < 4.78 is 40.1. The van der Waals surface area contributed by atoms with E-state index < -0.39 is 20.7 Å². The molecule has 0 fully saturated rings. The van der Waals surface area contributed by atoms with E-state index in [9.17, 15) is 17.9 Å². The maximum Gasteiger partial charge on any atom is 0.243 e. The Morgan fingerprint density at radius 3 is 2.43 bits per heavy atom. The third kappa shape index (κ3) is 3.79. The summed E-state index contributed by atoms with van der Waals surface area (Å²) in [5.74, 6) is -0.912. The molecule has 0 spiro atoms. The summed E-state index contributed by atoms with van der Waals surface area (Å²) in [6.07, 6.45) is 0. The maximum atomic E-state index is 13.7. The van der Waals surface area contributed by atoms with Crippen LogP contribution in [0.1, 0.15) is 11.1 Å². The largest absolute Gasteiger partial charge is 0.392 e. The van der Waals surface area contributed by atoms with Crippen LogP contribution in [0.25, 0.3) is 0 Å². The van der Waals surface area contributed by atoms with E-state index in [0.717, 1.165) is 12.1 Å². The van der Waals surface area contributed by atoms with Gasteiger partial charge in [-0.05, 0) is 29.3 Å². The smallest absolute Gasteiger partial charge is 0.243 e. The van der Waals surface area contributed by atoms with Gasteiger partial charge in [-0.25, -0.2) is 17.5 Å². The molecule has 0 aliphatic carbocycles. The van der Waals surface area contributed by atoms with Crippen LogP contribution in [0.2, 0.25) is 5.02 Å². The van der Waals surface area contributed by atoms with Crippen LogP contribution >= 0.6 is 11.6 Å². The van der Waals surface area contributed by atoms with Gasteiger partial charge in [0.2, 0.25) is 10.0 Å². The van der Waals surface area contributed by atoms with Crippen molar-refractivity contribution in [1.29, 1.82) is 0 Å². The first-order valence-corrected chi connectivity index (χ1v) is 7.92. The average molecular weight is 330 g/mol. The molecule has 21 heavy (non-hydrogen) atoms. The van der Waals surface area contributed by atoms with Crippen LogP contribution in [-0.2, 0) is 23.2 Å². The molecule has 0 unspecified atom stereocenters. The van der Waals surface area contributed by atoms with E-state index in [1.165, 1.54) is 6.07 Å². The number of hydrogen-bond acceptors (Lipinski definition) is 3. The summed E-state index contributed by atoms with van der Waals surface area (Å²) in [5, 5.41) is 9.31. The highest BCUT2D eigenvalue weighted by molar-refractivity contribution is 7.89. The lowest BCUT2D eigenvalue weighted by Gasteiger charge is -2.10. The summed E-state index contributed by atoms with van der Waals surface area (Å²) in [6.45, 7) is -0.242. The second-order valence-electron chi connectivity index (χ2n) is 4.33. The van der Waals surface area contributed by atoms with E-state index in [1.54, 1.807) is 24.3 Å². The van der Waals surface area contributed by atoms with Gasteiger partial charge in [0, 0.05) is 11.6 Å². The number of aliphatic hydroxyl groups is 1. The molecule has 0 aromatic heterocycles. The van der Waals surface area contributed by atoms with E-state index in [1.807, 2.05) is 0 Å². The minimum atomic E-state index is -4.00. The molecule has 0 amide bonds. The van der Waals surface area contributed by atoms with Crippen molar-refractivity contribution in [1.82, 2.24) is 4.72 Å². The van der Waals surface area contributed by atoms with Crippen LogP contribution in [0.15, 0.2) is 47.4 Å². The normalized spacial score (nSPS) is 11.6. The van der Waals surface area contributed by atoms with Crippen molar-refractivity contribution >= 4 is 21.6 Å². The molecule has 4 nitrogen and oxygen atoms in total. The number of benzene rings is 2. The molecule has 0 bridgehead atoms. The van der Waals surface area contributed by atoms with Crippen molar-refractivity contribution in [3.05, 3.63) is 64.4 Å². The molecule has 2 N–H and O–H groups in total. The lowest BCUT2D eigenvalue weighted by molar-refractivity contribution is 0.280. The molecule has 2 aromatic rings. The predicted molar refractivity (Wildman–Crippen MR) is 77.8 cm³/mol. The zero-order chi connectivity index (χ0) is 15.5. The standard InChI is InChI=1S/C14H13ClFNO3S/c15-12-5-6-14(13(16)7-12)21(19,20)17-8-10-3-1-2-4-11(10)9-18/h1-7,17-18H,8-9H2. The van der Waals surface area contributed by atoms with Gasteiger partial charge in [0.05, 0.1) is 6.61 Å². The monoisotopic (exact) mass is 329 g/mol. The number of halogens is 2. The molecule has 0 heterocycles. The Balaban J connectivity index is 2.22. The third-order valence-electron chi connectivity index (χ3n) is 2.92. The fraction of sp³-hybridized carbons (Fsp3) is 0.143. The van der Waals surface area contributed by atoms with Gasteiger partial charge in [0.25, 0.3) is 0 Å². The van der Waals surface area contributed by atoms with Crippen LogP contribution in [0, 0.1) is 5.82 Å². The van der Waals surface area contributed by atoms with E-state index >= 15 is 0 Å². The molecular formula is C14H13ClFNO3S. The summed E-state index contributed by atoms with van der Waals surface area (Å²) >= 11 is 5.60. The molecule has 0 aliphatic rings. The Morgan fingerprint density at radius 1 is 1.14 bits per heavy atom. The summed E-state index contributed by atoms with van der Waals surface area (Å²) in [7, 11) is -4.00. The first kappa shape index (κ1) is 15.9. The quantitative estimate of drug-likeness (QED) is 0.885. The molecular weight excluding hydrogens is 317 g/mol. The Kier molecular flexibility index (Phi) is 4.95. The van der Waals surface area contributed by atoms with Crippen molar-refractivity contribution in [2.45, 2.75) is 18.0 Å². The Bertz CT molecular complexity index is 750. The maximum absolute atomic E-state index is 13.7. The number of aliphatic hydroxyl groups excluding tert-OH is 1.